The number of anilines is 1. The van der Waals surface area contributed by atoms with E-state index < -0.39 is 34.2 Å². The largest absolute Gasteiger partial charge is 0.454 e. The smallest absolute Gasteiger partial charge is 0.416 e. The molecule has 0 saturated heterocycles. The minimum atomic E-state index is -4.71. The second kappa shape index (κ2) is 10.4. The first-order valence-electron chi connectivity index (χ1n) is 10.6. The van der Waals surface area contributed by atoms with Crippen LogP contribution in [0.3, 0.4) is 0 Å². The van der Waals surface area contributed by atoms with Crippen LogP contribution in [0.5, 0.6) is 11.5 Å². The summed E-state index contributed by atoms with van der Waals surface area (Å²) in [5, 5.41) is 3.85. The summed E-state index contributed by atoms with van der Waals surface area (Å²) in [5.74, 6) is 0.142. The van der Waals surface area contributed by atoms with Gasteiger partial charge in [-0.25, -0.2) is 13.8 Å². The van der Waals surface area contributed by atoms with E-state index in [0.29, 0.717) is 31.9 Å². The highest BCUT2D eigenvalue weighted by atomic mass is 79.9. The number of ether oxygens (including phenoxy) is 2. The molecule has 1 N–H and O–H groups in total. The molecule has 0 aromatic heterocycles. The summed E-state index contributed by atoms with van der Waals surface area (Å²) >= 11 is 3.35. The van der Waals surface area contributed by atoms with Gasteiger partial charge in [0.2, 0.25) is 6.79 Å². The maximum Gasteiger partial charge on any atom is 0.416 e. The van der Waals surface area contributed by atoms with Crippen LogP contribution in [0, 0.1) is 6.92 Å². The second-order valence-electron chi connectivity index (χ2n) is 7.89. The molecule has 4 rings (SSSR count). The van der Waals surface area contributed by atoms with Gasteiger partial charge in [-0.2, -0.15) is 18.3 Å². The Balaban J connectivity index is 1.60. The van der Waals surface area contributed by atoms with Crippen LogP contribution < -0.4 is 19.2 Å². The number of carbonyl (C=O) groups is 1. The van der Waals surface area contributed by atoms with Gasteiger partial charge < -0.3 is 9.47 Å². The molecule has 0 aliphatic carbocycles. The first kappa shape index (κ1) is 26.5. The number of hydrazone groups is 1. The van der Waals surface area contributed by atoms with Crippen molar-refractivity contribution in [3.8, 4) is 11.5 Å². The Morgan fingerprint density at radius 2 is 1.78 bits per heavy atom. The molecular weight excluding hydrogens is 579 g/mol. The van der Waals surface area contributed by atoms with E-state index >= 15 is 0 Å². The summed E-state index contributed by atoms with van der Waals surface area (Å²) in [4.78, 5) is 12.5. The molecule has 0 spiro atoms. The van der Waals surface area contributed by atoms with Gasteiger partial charge in [-0.15, -0.1) is 0 Å². The highest BCUT2D eigenvalue weighted by Crippen LogP contribution is 2.36. The third kappa shape index (κ3) is 6.05. The van der Waals surface area contributed by atoms with Crippen molar-refractivity contribution < 1.29 is 35.9 Å². The number of nitrogens with zero attached hydrogens (tertiary/aromatic N) is 2. The van der Waals surface area contributed by atoms with Gasteiger partial charge >= 0.3 is 6.18 Å². The third-order valence-corrected chi connectivity index (χ3v) is 7.72. The number of rotatable bonds is 7. The van der Waals surface area contributed by atoms with E-state index in [1.165, 1.54) is 24.4 Å². The van der Waals surface area contributed by atoms with E-state index in [0.717, 1.165) is 17.7 Å². The zero-order valence-electron chi connectivity index (χ0n) is 19.1. The Morgan fingerprint density at radius 3 is 2.46 bits per heavy atom. The summed E-state index contributed by atoms with van der Waals surface area (Å²) in [6.07, 6.45) is -3.41. The number of fused-ring (bicyclic) bond motifs is 1. The van der Waals surface area contributed by atoms with Gasteiger partial charge in [-0.1, -0.05) is 23.8 Å². The molecular formula is C24H19BrF3N3O5S. The quantitative estimate of drug-likeness (QED) is 0.310. The Hall–Kier alpha value is -3.58. The number of hydrogen-bond donors (Lipinski definition) is 1. The standard InChI is InChI=1S/C24H19BrF3N3O5S/c1-15-5-7-19(8-6-15)37(33,34)31(18-4-2-3-17(10-18)24(26,27)28)13-23(32)30-29-12-16-9-21-22(11-20(16)25)36-14-35-21/h2-12H,13-14H2,1H3,(H,30,32)/b29-12-. The van der Waals surface area contributed by atoms with Gasteiger partial charge in [0.1, 0.15) is 6.54 Å². The molecule has 0 saturated carbocycles. The number of hydrogen-bond acceptors (Lipinski definition) is 6. The van der Waals surface area contributed by atoms with Crippen LogP contribution in [0.25, 0.3) is 0 Å². The second-order valence-corrected chi connectivity index (χ2v) is 10.6. The Kier molecular flexibility index (Phi) is 7.46. The summed E-state index contributed by atoms with van der Waals surface area (Å²) in [6, 6.07) is 12.8. The molecule has 3 aromatic carbocycles. The van der Waals surface area contributed by atoms with Crippen LogP contribution >= 0.6 is 15.9 Å². The zero-order valence-corrected chi connectivity index (χ0v) is 21.5. The molecule has 0 fully saturated rings. The minimum Gasteiger partial charge on any atom is -0.454 e. The van der Waals surface area contributed by atoms with Crippen LogP contribution in [0.1, 0.15) is 16.7 Å². The molecule has 0 bridgehead atoms. The van der Waals surface area contributed by atoms with Crippen molar-refractivity contribution >= 4 is 43.8 Å². The van der Waals surface area contributed by atoms with Crippen molar-refractivity contribution in [3.05, 3.63) is 81.8 Å². The van der Waals surface area contributed by atoms with E-state index in [9.17, 15) is 26.4 Å². The Morgan fingerprint density at radius 1 is 1.11 bits per heavy atom. The fourth-order valence-corrected chi connectivity index (χ4v) is 5.20. The van der Waals surface area contributed by atoms with E-state index in [4.69, 9.17) is 9.47 Å². The normalized spacial score (nSPS) is 13.1. The predicted molar refractivity (Wildman–Crippen MR) is 133 cm³/mol. The Labute approximate surface area is 218 Å². The number of amides is 1. The fraction of sp³-hybridized carbons (Fsp3) is 0.167. The maximum absolute atomic E-state index is 13.4. The van der Waals surface area contributed by atoms with Crippen LogP contribution in [0.2, 0.25) is 0 Å². The average Bonchev–Trinajstić information content (AvgIpc) is 3.29. The first-order valence-corrected chi connectivity index (χ1v) is 12.9. The monoisotopic (exact) mass is 597 g/mol. The van der Waals surface area contributed by atoms with E-state index in [1.54, 1.807) is 31.2 Å². The summed E-state index contributed by atoms with van der Waals surface area (Å²) < 4.78 is 78.5. The fourth-order valence-electron chi connectivity index (χ4n) is 3.36. The number of sulfonamides is 1. The number of halogens is 4. The van der Waals surface area contributed by atoms with Crippen LogP contribution in [-0.4, -0.2) is 33.9 Å². The van der Waals surface area contributed by atoms with Crippen LogP contribution in [0.15, 0.2) is 75.1 Å². The molecule has 194 valence electrons. The summed E-state index contributed by atoms with van der Waals surface area (Å²) in [5.41, 5.74) is 2.15. The van der Waals surface area contributed by atoms with Crippen molar-refractivity contribution in [1.29, 1.82) is 0 Å². The van der Waals surface area contributed by atoms with Gasteiger partial charge in [0.15, 0.2) is 11.5 Å². The lowest BCUT2D eigenvalue weighted by molar-refractivity contribution is -0.137. The average molecular weight is 598 g/mol. The maximum atomic E-state index is 13.4. The topological polar surface area (TPSA) is 97.3 Å². The van der Waals surface area contributed by atoms with Crippen molar-refractivity contribution in [1.82, 2.24) is 5.43 Å². The van der Waals surface area contributed by atoms with Gasteiger partial charge in [0.05, 0.1) is 22.4 Å². The lowest BCUT2D eigenvalue weighted by Gasteiger charge is -2.24. The van der Waals surface area contributed by atoms with Crippen LogP contribution in [0.4, 0.5) is 18.9 Å². The van der Waals surface area contributed by atoms with Crippen molar-refractivity contribution in [2.24, 2.45) is 5.10 Å². The number of aryl methyl sites for hydroxylation is 1. The molecule has 1 heterocycles. The zero-order chi connectivity index (χ0) is 26.8. The minimum absolute atomic E-state index is 0.0694. The van der Waals surface area contributed by atoms with Gasteiger partial charge in [-0.3, -0.25) is 9.10 Å². The molecule has 0 unspecified atom stereocenters. The number of benzene rings is 3. The highest BCUT2D eigenvalue weighted by Gasteiger charge is 2.33. The van der Waals surface area contributed by atoms with E-state index in [2.05, 4.69) is 26.5 Å². The van der Waals surface area contributed by atoms with Crippen molar-refractivity contribution in [2.75, 3.05) is 17.6 Å². The number of carbonyl (C=O) groups excluding carboxylic acids is 1. The molecule has 37 heavy (non-hydrogen) atoms. The number of alkyl halides is 3. The van der Waals surface area contributed by atoms with Gasteiger partial charge in [0.25, 0.3) is 15.9 Å². The van der Waals surface area contributed by atoms with E-state index in [1.807, 2.05) is 0 Å². The van der Waals surface area contributed by atoms with E-state index in [-0.39, 0.29) is 17.4 Å². The molecule has 1 aliphatic rings. The Bertz CT molecular complexity index is 1460. The molecule has 3 aromatic rings. The predicted octanol–water partition coefficient (Wildman–Crippen LogP) is 4.85. The molecule has 0 radical (unpaired) electrons. The SMILES string of the molecule is Cc1ccc(S(=O)(=O)N(CC(=O)N/N=C\c2cc3c(cc2Br)OCO3)c2cccc(C(F)(F)F)c2)cc1. The third-order valence-electron chi connectivity index (χ3n) is 5.24. The lowest BCUT2D eigenvalue weighted by Crippen LogP contribution is -2.39. The van der Waals surface area contributed by atoms with Crippen molar-refractivity contribution in [3.63, 3.8) is 0 Å². The summed E-state index contributed by atoms with van der Waals surface area (Å²) in [7, 11) is -4.40. The molecule has 8 nitrogen and oxygen atoms in total. The van der Waals surface area contributed by atoms with Crippen LogP contribution in [-0.2, 0) is 21.0 Å². The molecule has 1 amide bonds. The first-order chi connectivity index (χ1) is 17.4. The highest BCUT2D eigenvalue weighted by molar-refractivity contribution is 9.10. The lowest BCUT2D eigenvalue weighted by atomic mass is 10.2. The molecule has 1 aliphatic heterocycles. The molecule has 13 heteroatoms. The van der Waals surface area contributed by atoms with Gasteiger partial charge in [0, 0.05) is 10.0 Å². The number of nitrogens with one attached hydrogen (secondary N) is 1. The summed E-state index contributed by atoms with van der Waals surface area (Å²) in [6.45, 7) is 1.00. The molecule has 0 atom stereocenters. The van der Waals surface area contributed by atoms with Crippen molar-refractivity contribution in [2.45, 2.75) is 18.0 Å². The van der Waals surface area contributed by atoms with Gasteiger partial charge in [-0.05, 0) is 65.3 Å².